The summed E-state index contributed by atoms with van der Waals surface area (Å²) < 4.78 is 15.4. The molecule has 0 bridgehead atoms. The van der Waals surface area contributed by atoms with Crippen LogP contribution in [-0.4, -0.2) is 68.9 Å². The third kappa shape index (κ3) is 4.79. The first-order valence-corrected chi connectivity index (χ1v) is 7.89. The molecule has 1 fully saturated rings. The van der Waals surface area contributed by atoms with E-state index >= 15 is 0 Å². The summed E-state index contributed by atoms with van der Waals surface area (Å²) in [7, 11) is 3.09. The molecule has 0 atom stereocenters. The van der Waals surface area contributed by atoms with Crippen molar-refractivity contribution < 1.29 is 23.8 Å². The predicted octanol–water partition coefficient (Wildman–Crippen LogP) is 2.18. The number of hydrogen-bond donors (Lipinski definition) is 1. The molecule has 1 aliphatic heterocycles. The third-order valence-corrected chi connectivity index (χ3v) is 3.78. The van der Waals surface area contributed by atoms with Crippen molar-refractivity contribution in [3.05, 3.63) is 30.9 Å². The Bertz CT molecular complexity index is 627. The van der Waals surface area contributed by atoms with Gasteiger partial charge in [-0.3, -0.25) is 0 Å². The highest BCUT2D eigenvalue weighted by Gasteiger charge is 2.25. The van der Waals surface area contributed by atoms with Gasteiger partial charge in [0.1, 0.15) is 6.61 Å². The van der Waals surface area contributed by atoms with Gasteiger partial charge in [-0.2, -0.15) is 0 Å². The zero-order valence-corrected chi connectivity index (χ0v) is 14.5. The summed E-state index contributed by atoms with van der Waals surface area (Å²) in [6.07, 6.45) is 1.13. The summed E-state index contributed by atoms with van der Waals surface area (Å²) in [5.41, 5.74) is 0.607. The van der Waals surface area contributed by atoms with Gasteiger partial charge in [0, 0.05) is 37.9 Å². The molecule has 1 N–H and O–H groups in total. The Hall–Kier alpha value is -2.90. The molecule has 0 unspecified atom stereocenters. The molecule has 8 nitrogen and oxygen atoms in total. The van der Waals surface area contributed by atoms with Crippen LogP contribution in [0.3, 0.4) is 0 Å². The minimum atomic E-state index is -0.389. The van der Waals surface area contributed by atoms with E-state index in [-0.39, 0.29) is 18.7 Å². The van der Waals surface area contributed by atoms with Crippen LogP contribution < -0.4 is 14.8 Å². The largest absolute Gasteiger partial charge is 0.493 e. The minimum Gasteiger partial charge on any atom is -0.493 e. The normalized spacial score (nSPS) is 13.8. The lowest BCUT2D eigenvalue weighted by Gasteiger charge is -2.34. The van der Waals surface area contributed by atoms with Crippen LogP contribution in [0.5, 0.6) is 11.5 Å². The van der Waals surface area contributed by atoms with Crippen LogP contribution in [-0.2, 0) is 4.74 Å². The fourth-order valence-electron chi connectivity index (χ4n) is 2.43. The zero-order chi connectivity index (χ0) is 18.2. The van der Waals surface area contributed by atoms with Crippen molar-refractivity contribution in [3.8, 4) is 11.5 Å². The number of nitrogens with zero attached hydrogens (tertiary/aromatic N) is 2. The van der Waals surface area contributed by atoms with Crippen molar-refractivity contribution in [3.63, 3.8) is 0 Å². The lowest BCUT2D eigenvalue weighted by atomic mass is 10.2. The maximum atomic E-state index is 12.4. The number of urea groups is 1. The molecular weight excluding hydrogens is 326 g/mol. The monoisotopic (exact) mass is 349 g/mol. The predicted molar refractivity (Wildman–Crippen MR) is 93.3 cm³/mol. The molecule has 1 heterocycles. The van der Waals surface area contributed by atoms with Gasteiger partial charge in [0.2, 0.25) is 0 Å². The molecular formula is C17H23N3O5. The molecule has 1 saturated heterocycles. The number of nitrogens with one attached hydrogen (secondary N) is 1. The van der Waals surface area contributed by atoms with E-state index in [2.05, 4.69) is 11.9 Å². The van der Waals surface area contributed by atoms with E-state index < -0.39 is 0 Å². The van der Waals surface area contributed by atoms with Gasteiger partial charge >= 0.3 is 12.1 Å². The Morgan fingerprint density at radius 3 is 2.36 bits per heavy atom. The molecule has 136 valence electrons. The SMILES string of the molecule is C=CCOC(=O)N1CCN(C(=O)Nc2ccc(OC)c(OC)c2)CC1. The van der Waals surface area contributed by atoms with Crippen LogP contribution in [0.4, 0.5) is 15.3 Å². The number of piperazine rings is 1. The molecule has 25 heavy (non-hydrogen) atoms. The minimum absolute atomic E-state index is 0.179. The Morgan fingerprint density at radius 1 is 1.12 bits per heavy atom. The highest BCUT2D eigenvalue weighted by atomic mass is 16.6. The second-order valence-corrected chi connectivity index (χ2v) is 5.34. The van der Waals surface area contributed by atoms with Gasteiger partial charge in [0.05, 0.1) is 14.2 Å². The molecule has 0 radical (unpaired) electrons. The summed E-state index contributed by atoms with van der Waals surface area (Å²) in [6, 6.07) is 4.93. The van der Waals surface area contributed by atoms with Crippen LogP contribution in [0, 0.1) is 0 Å². The van der Waals surface area contributed by atoms with Gasteiger partial charge < -0.3 is 29.3 Å². The van der Waals surface area contributed by atoms with Gasteiger partial charge in [-0.25, -0.2) is 9.59 Å². The highest BCUT2D eigenvalue weighted by molar-refractivity contribution is 5.90. The fraction of sp³-hybridized carbons (Fsp3) is 0.412. The molecule has 0 spiro atoms. The Morgan fingerprint density at radius 2 is 1.76 bits per heavy atom. The van der Waals surface area contributed by atoms with Crippen LogP contribution in [0.15, 0.2) is 30.9 Å². The summed E-state index contributed by atoms with van der Waals surface area (Å²) in [4.78, 5) is 27.4. The smallest absolute Gasteiger partial charge is 0.410 e. The number of amides is 3. The molecule has 0 saturated carbocycles. The lowest BCUT2D eigenvalue weighted by Crippen LogP contribution is -2.51. The maximum absolute atomic E-state index is 12.4. The van der Waals surface area contributed by atoms with E-state index in [4.69, 9.17) is 14.2 Å². The Labute approximate surface area is 146 Å². The Kier molecular flexibility index (Phi) is 6.50. The number of anilines is 1. The van der Waals surface area contributed by atoms with E-state index in [1.165, 1.54) is 13.2 Å². The van der Waals surface area contributed by atoms with Gasteiger partial charge in [-0.15, -0.1) is 0 Å². The highest BCUT2D eigenvalue weighted by Crippen LogP contribution is 2.29. The molecule has 3 amide bonds. The van der Waals surface area contributed by atoms with Crippen LogP contribution in [0.1, 0.15) is 0 Å². The first kappa shape index (κ1) is 18.4. The van der Waals surface area contributed by atoms with Gasteiger partial charge in [-0.05, 0) is 12.1 Å². The number of carbonyl (C=O) groups is 2. The molecule has 2 rings (SSSR count). The number of rotatable bonds is 5. The van der Waals surface area contributed by atoms with Gasteiger partial charge in [0.25, 0.3) is 0 Å². The molecule has 1 aromatic rings. The summed E-state index contributed by atoms with van der Waals surface area (Å²) in [6.45, 7) is 5.40. The maximum Gasteiger partial charge on any atom is 0.410 e. The fourth-order valence-corrected chi connectivity index (χ4v) is 2.43. The molecule has 0 aromatic heterocycles. The number of hydrogen-bond acceptors (Lipinski definition) is 5. The number of ether oxygens (including phenoxy) is 3. The topological polar surface area (TPSA) is 80.3 Å². The second-order valence-electron chi connectivity index (χ2n) is 5.34. The molecule has 8 heteroatoms. The van der Waals surface area contributed by atoms with Crippen LogP contribution >= 0.6 is 0 Å². The van der Waals surface area contributed by atoms with Crippen molar-refractivity contribution >= 4 is 17.8 Å². The number of carbonyl (C=O) groups excluding carboxylic acids is 2. The summed E-state index contributed by atoms with van der Waals surface area (Å²) >= 11 is 0. The van der Waals surface area contributed by atoms with Crippen LogP contribution in [0.2, 0.25) is 0 Å². The number of benzene rings is 1. The van der Waals surface area contributed by atoms with E-state index in [1.54, 1.807) is 35.1 Å². The van der Waals surface area contributed by atoms with Crippen molar-refractivity contribution in [2.45, 2.75) is 0 Å². The van der Waals surface area contributed by atoms with Crippen LogP contribution in [0.25, 0.3) is 0 Å². The van der Waals surface area contributed by atoms with Crippen molar-refractivity contribution in [1.29, 1.82) is 0 Å². The van der Waals surface area contributed by atoms with Crippen molar-refractivity contribution in [1.82, 2.24) is 9.80 Å². The van der Waals surface area contributed by atoms with Gasteiger partial charge in [0.15, 0.2) is 11.5 Å². The standard InChI is InChI=1S/C17H23N3O5/c1-4-11-25-17(22)20-9-7-19(8-10-20)16(21)18-13-5-6-14(23-2)15(12-13)24-3/h4-6,12H,1,7-11H2,2-3H3,(H,18,21). The summed E-state index contributed by atoms with van der Waals surface area (Å²) in [5.74, 6) is 1.13. The van der Waals surface area contributed by atoms with E-state index in [9.17, 15) is 9.59 Å². The van der Waals surface area contributed by atoms with Gasteiger partial charge in [-0.1, -0.05) is 12.7 Å². The van der Waals surface area contributed by atoms with Crippen molar-refractivity contribution in [2.75, 3.05) is 52.3 Å². The van der Waals surface area contributed by atoms with E-state index in [0.29, 0.717) is 43.4 Å². The average molecular weight is 349 g/mol. The van der Waals surface area contributed by atoms with E-state index in [0.717, 1.165) is 0 Å². The molecule has 0 aliphatic carbocycles. The number of methoxy groups -OCH3 is 2. The third-order valence-electron chi connectivity index (χ3n) is 3.78. The molecule has 1 aliphatic rings. The first-order valence-electron chi connectivity index (χ1n) is 7.89. The quantitative estimate of drug-likeness (QED) is 0.824. The lowest BCUT2D eigenvalue weighted by molar-refractivity contribution is 0.0908. The average Bonchev–Trinajstić information content (AvgIpc) is 2.66. The molecule has 1 aromatic carbocycles. The second kappa shape index (κ2) is 8.81. The Balaban J connectivity index is 1.88. The zero-order valence-electron chi connectivity index (χ0n) is 14.5. The van der Waals surface area contributed by atoms with E-state index in [1.807, 2.05) is 0 Å². The summed E-state index contributed by atoms with van der Waals surface area (Å²) in [5, 5.41) is 2.82. The van der Waals surface area contributed by atoms with Crippen molar-refractivity contribution in [2.24, 2.45) is 0 Å². The first-order chi connectivity index (χ1) is 12.1.